The van der Waals surface area contributed by atoms with E-state index in [1.807, 2.05) is 26.2 Å². The summed E-state index contributed by atoms with van der Waals surface area (Å²) in [4.78, 5) is 16.7. The van der Waals surface area contributed by atoms with Crippen molar-refractivity contribution in [1.29, 1.82) is 0 Å². The van der Waals surface area contributed by atoms with Crippen molar-refractivity contribution in [3.63, 3.8) is 0 Å². The maximum absolute atomic E-state index is 12.2. The lowest BCUT2D eigenvalue weighted by Gasteiger charge is -2.41. The number of aryl methyl sites for hydroxylation is 1. The van der Waals surface area contributed by atoms with Gasteiger partial charge in [0.25, 0.3) is 0 Å². The van der Waals surface area contributed by atoms with Crippen molar-refractivity contribution < 1.29 is 4.79 Å². The van der Waals surface area contributed by atoms with Crippen molar-refractivity contribution >= 4 is 42.1 Å². The third kappa shape index (κ3) is 3.85. The van der Waals surface area contributed by atoms with E-state index < -0.39 is 0 Å². The summed E-state index contributed by atoms with van der Waals surface area (Å²) in [6.45, 7) is 5.73. The normalized spacial score (nSPS) is 18.8. The van der Waals surface area contributed by atoms with Crippen molar-refractivity contribution in [2.75, 3.05) is 0 Å². The summed E-state index contributed by atoms with van der Waals surface area (Å²) in [6, 6.07) is -0.125. The molecule has 0 spiro atoms. The highest BCUT2D eigenvalue weighted by Crippen LogP contribution is 2.42. The Morgan fingerprint density at radius 1 is 1.45 bits per heavy atom. The Hall–Kier alpha value is -0.360. The molecule has 4 nitrogen and oxygen atoms in total. The zero-order valence-electron chi connectivity index (χ0n) is 12.0. The van der Waals surface area contributed by atoms with Crippen LogP contribution in [0.3, 0.4) is 0 Å². The van der Waals surface area contributed by atoms with Crippen LogP contribution in [0.5, 0.6) is 0 Å². The Morgan fingerprint density at radius 2 is 2.05 bits per heavy atom. The van der Waals surface area contributed by atoms with Gasteiger partial charge in [0.1, 0.15) is 5.01 Å². The van der Waals surface area contributed by atoms with Gasteiger partial charge in [-0.3, -0.25) is 4.79 Å². The van der Waals surface area contributed by atoms with E-state index in [9.17, 15) is 4.79 Å². The molecule has 1 saturated carbocycles. The molecule has 1 aromatic heterocycles. The van der Waals surface area contributed by atoms with Gasteiger partial charge < -0.3 is 11.1 Å². The second-order valence-corrected chi connectivity index (χ2v) is 6.22. The van der Waals surface area contributed by atoms with Crippen LogP contribution in [0.4, 0.5) is 0 Å². The van der Waals surface area contributed by atoms with Gasteiger partial charge in [-0.15, -0.1) is 36.2 Å². The number of carbonyl (C=O) groups is 1. The second kappa shape index (κ2) is 7.59. The summed E-state index contributed by atoms with van der Waals surface area (Å²) in [5.41, 5.74) is 6.58. The van der Waals surface area contributed by atoms with E-state index in [1.165, 1.54) is 0 Å². The first-order valence-corrected chi connectivity index (χ1v) is 7.33. The first kappa shape index (κ1) is 19.6. The predicted octanol–water partition coefficient (Wildman–Crippen LogP) is 2.77. The fraction of sp³-hybridized carbons (Fsp3) is 0.692. The average molecular weight is 340 g/mol. The third-order valence-corrected chi connectivity index (χ3v) is 4.96. The molecule has 0 saturated heterocycles. The first-order chi connectivity index (χ1) is 8.44. The summed E-state index contributed by atoms with van der Waals surface area (Å²) >= 11 is 1.64. The van der Waals surface area contributed by atoms with Crippen molar-refractivity contribution in [3.8, 4) is 0 Å². The van der Waals surface area contributed by atoms with Gasteiger partial charge in [-0.05, 0) is 33.1 Å². The number of nitrogens with zero attached hydrogens (tertiary/aromatic N) is 1. The smallest absolute Gasteiger partial charge is 0.225 e. The molecule has 1 fully saturated rings. The molecule has 1 aromatic rings. The summed E-state index contributed by atoms with van der Waals surface area (Å²) in [5, 5.41) is 6.25. The number of nitrogens with one attached hydrogen (secondary N) is 1. The molecule has 1 amide bonds. The van der Waals surface area contributed by atoms with Crippen LogP contribution < -0.4 is 11.1 Å². The zero-order chi connectivity index (χ0) is 13.3. The molecule has 3 N–H and O–H groups in total. The van der Waals surface area contributed by atoms with Gasteiger partial charge in [0.15, 0.2) is 0 Å². The van der Waals surface area contributed by atoms with Gasteiger partial charge in [-0.1, -0.05) is 6.92 Å². The monoisotopic (exact) mass is 339 g/mol. The summed E-state index contributed by atoms with van der Waals surface area (Å²) in [6.07, 6.45) is 3.11. The molecule has 2 rings (SSSR count). The molecular weight excluding hydrogens is 317 g/mol. The van der Waals surface area contributed by atoms with Crippen molar-refractivity contribution in [2.45, 2.75) is 51.6 Å². The number of carbonyl (C=O) groups excluding carboxylic acids is 1. The standard InChI is InChI=1S/C13H21N3OS.2ClH/c1-8-7-18-12(15-8)13(5-4-6-13)16-11(17)9(2)10(3)14;;/h7,9-10H,4-6,14H2,1-3H3,(H,16,17);2*1H. The molecule has 0 radical (unpaired) electrons. The van der Waals surface area contributed by atoms with E-state index in [0.29, 0.717) is 0 Å². The SMILES string of the molecule is Cc1csc(C2(NC(=O)C(C)C(C)N)CCC2)n1.Cl.Cl. The van der Waals surface area contributed by atoms with Crippen molar-refractivity contribution in [2.24, 2.45) is 11.7 Å². The summed E-state index contributed by atoms with van der Waals surface area (Å²) in [5.74, 6) is -0.124. The van der Waals surface area contributed by atoms with Gasteiger partial charge in [-0.2, -0.15) is 0 Å². The van der Waals surface area contributed by atoms with Crippen LogP contribution in [-0.2, 0) is 10.3 Å². The second-order valence-electron chi connectivity index (χ2n) is 5.37. The number of hydrogen-bond donors (Lipinski definition) is 2. The maximum Gasteiger partial charge on any atom is 0.225 e. The molecule has 7 heteroatoms. The molecule has 1 heterocycles. The third-order valence-electron chi connectivity index (χ3n) is 3.80. The fourth-order valence-corrected chi connectivity index (χ4v) is 3.10. The number of aromatic nitrogens is 1. The summed E-state index contributed by atoms with van der Waals surface area (Å²) in [7, 11) is 0. The van der Waals surface area contributed by atoms with Crippen LogP contribution in [0.2, 0.25) is 0 Å². The van der Waals surface area contributed by atoms with Gasteiger partial charge in [0, 0.05) is 23.0 Å². The van der Waals surface area contributed by atoms with Gasteiger partial charge in [0.05, 0.1) is 5.54 Å². The van der Waals surface area contributed by atoms with Gasteiger partial charge >= 0.3 is 0 Å². The van der Waals surface area contributed by atoms with Crippen LogP contribution in [0.15, 0.2) is 5.38 Å². The van der Waals surface area contributed by atoms with E-state index in [-0.39, 0.29) is 48.2 Å². The summed E-state index contributed by atoms with van der Waals surface area (Å²) < 4.78 is 0. The molecule has 0 aliphatic heterocycles. The number of amides is 1. The minimum Gasteiger partial charge on any atom is -0.344 e. The van der Waals surface area contributed by atoms with Gasteiger partial charge in [-0.25, -0.2) is 4.98 Å². The van der Waals surface area contributed by atoms with Crippen LogP contribution in [0, 0.1) is 12.8 Å². The minimum atomic E-state index is -0.223. The molecule has 0 aromatic carbocycles. The molecule has 116 valence electrons. The fourth-order valence-electron chi connectivity index (χ4n) is 2.08. The Bertz CT molecular complexity index is 447. The van der Waals surface area contributed by atoms with E-state index >= 15 is 0 Å². The quantitative estimate of drug-likeness (QED) is 0.886. The molecule has 20 heavy (non-hydrogen) atoms. The maximum atomic E-state index is 12.2. The lowest BCUT2D eigenvalue weighted by molar-refractivity contribution is -0.128. The highest BCUT2D eigenvalue weighted by atomic mass is 35.5. The highest BCUT2D eigenvalue weighted by Gasteiger charge is 2.43. The molecule has 2 atom stereocenters. The molecule has 1 aliphatic rings. The van der Waals surface area contributed by atoms with Crippen LogP contribution >= 0.6 is 36.2 Å². The molecule has 1 aliphatic carbocycles. The number of thiazole rings is 1. The molecule has 2 unspecified atom stereocenters. The van der Waals surface area contributed by atoms with Crippen molar-refractivity contribution in [1.82, 2.24) is 10.3 Å². The molecule has 0 bridgehead atoms. The Balaban J connectivity index is 0.00000180. The van der Waals surface area contributed by atoms with Gasteiger partial charge in [0.2, 0.25) is 5.91 Å². The van der Waals surface area contributed by atoms with Crippen molar-refractivity contribution in [3.05, 3.63) is 16.1 Å². The predicted molar refractivity (Wildman–Crippen MR) is 87.8 cm³/mol. The highest BCUT2D eigenvalue weighted by molar-refractivity contribution is 7.09. The number of nitrogens with two attached hydrogens (primary N) is 1. The largest absolute Gasteiger partial charge is 0.344 e. The Labute approximate surface area is 136 Å². The van der Waals surface area contributed by atoms with E-state index in [2.05, 4.69) is 10.3 Å². The lowest BCUT2D eigenvalue weighted by atomic mass is 9.76. The zero-order valence-corrected chi connectivity index (χ0v) is 14.5. The van der Waals surface area contributed by atoms with Crippen LogP contribution in [0.25, 0.3) is 0 Å². The van der Waals surface area contributed by atoms with E-state index in [1.54, 1.807) is 11.3 Å². The number of halogens is 2. The van der Waals surface area contributed by atoms with E-state index in [4.69, 9.17) is 5.73 Å². The number of rotatable bonds is 4. The van der Waals surface area contributed by atoms with Crippen LogP contribution in [0.1, 0.15) is 43.8 Å². The number of hydrogen-bond acceptors (Lipinski definition) is 4. The first-order valence-electron chi connectivity index (χ1n) is 6.45. The average Bonchev–Trinajstić information content (AvgIpc) is 2.68. The Morgan fingerprint density at radius 3 is 2.40 bits per heavy atom. The topological polar surface area (TPSA) is 68.0 Å². The minimum absolute atomic E-state index is 0. The lowest BCUT2D eigenvalue weighted by Crippen LogP contribution is -2.53. The molecular formula is C13H23Cl2N3OS. The van der Waals surface area contributed by atoms with E-state index in [0.717, 1.165) is 30.0 Å². The van der Waals surface area contributed by atoms with Crippen LogP contribution in [-0.4, -0.2) is 16.9 Å². The Kier molecular flexibility index (Phi) is 7.46.